The summed E-state index contributed by atoms with van der Waals surface area (Å²) in [5.41, 5.74) is 1.03. The Labute approximate surface area is 134 Å². The minimum atomic E-state index is -1.46. The topological polar surface area (TPSA) is 120 Å². The Balaban J connectivity index is 1.97. The molecule has 1 aliphatic rings. The number of rotatable bonds is 6. The van der Waals surface area contributed by atoms with Crippen molar-refractivity contribution in [2.75, 3.05) is 6.61 Å². The molecule has 0 aromatic heterocycles. The van der Waals surface area contributed by atoms with Crippen LogP contribution in [0.2, 0.25) is 0 Å². The summed E-state index contributed by atoms with van der Waals surface area (Å²) in [6.45, 7) is 1.24. The van der Waals surface area contributed by atoms with Gasteiger partial charge in [-0.05, 0) is 37.5 Å². The van der Waals surface area contributed by atoms with Crippen LogP contribution >= 0.6 is 0 Å². The van der Waals surface area contributed by atoms with E-state index in [9.17, 15) is 20.4 Å². The van der Waals surface area contributed by atoms with E-state index in [0.29, 0.717) is 12.2 Å². The van der Waals surface area contributed by atoms with Gasteiger partial charge in [0.25, 0.3) is 0 Å². The molecule has 0 amide bonds. The number of ether oxygens (including phenoxy) is 2. The molecule has 7 heteroatoms. The van der Waals surface area contributed by atoms with Gasteiger partial charge in [-0.25, -0.2) is 0 Å². The Morgan fingerprint density at radius 2 is 1.74 bits per heavy atom. The first kappa shape index (κ1) is 18.1. The molecular weight excluding hydrogens is 304 g/mol. The second kappa shape index (κ2) is 8.05. The van der Waals surface area contributed by atoms with Crippen LogP contribution in [0.5, 0.6) is 5.75 Å². The van der Waals surface area contributed by atoms with Crippen molar-refractivity contribution < 1.29 is 35.0 Å². The lowest BCUT2D eigenvalue weighted by atomic mass is 9.99. The molecule has 6 atom stereocenters. The summed E-state index contributed by atoms with van der Waals surface area (Å²) in [4.78, 5) is 0. The quantitative estimate of drug-likeness (QED) is 0.463. The van der Waals surface area contributed by atoms with Gasteiger partial charge in [-0.15, -0.1) is 0 Å². The molecule has 0 saturated carbocycles. The van der Waals surface area contributed by atoms with E-state index in [-0.39, 0.29) is 6.10 Å². The van der Waals surface area contributed by atoms with Gasteiger partial charge in [0, 0.05) is 0 Å². The van der Waals surface area contributed by atoms with E-state index in [1.807, 2.05) is 12.1 Å². The van der Waals surface area contributed by atoms with Crippen molar-refractivity contribution in [3.63, 3.8) is 0 Å². The second-order valence-electron chi connectivity index (χ2n) is 5.85. The molecule has 0 bridgehead atoms. The van der Waals surface area contributed by atoms with Crippen LogP contribution in [0.15, 0.2) is 24.3 Å². The molecule has 1 fully saturated rings. The molecule has 1 aliphatic heterocycles. The van der Waals surface area contributed by atoms with E-state index in [4.69, 9.17) is 14.6 Å². The molecule has 1 aromatic rings. The number of hydrogen-bond donors (Lipinski definition) is 5. The molecule has 23 heavy (non-hydrogen) atoms. The largest absolute Gasteiger partial charge is 0.462 e. The maximum atomic E-state index is 9.91. The Morgan fingerprint density at radius 3 is 2.30 bits per heavy atom. The van der Waals surface area contributed by atoms with Crippen LogP contribution < -0.4 is 4.74 Å². The Bertz CT molecular complexity index is 474. The van der Waals surface area contributed by atoms with Gasteiger partial charge in [-0.1, -0.05) is 12.1 Å². The standard InChI is InChI=1S/C16H24O7/c1-9(18)2-3-10-4-6-11(7-5-10)22-16-15(21)14(20)13(19)12(8-17)23-16/h4-7,9,12-21H,2-3,8H2,1H3/t9-,12-,13-,14+,15-,16+/m1/s1. The predicted octanol–water partition coefficient (Wildman–Crippen LogP) is -0.821. The summed E-state index contributed by atoms with van der Waals surface area (Å²) in [5.74, 6) is 0.426. The number of aliphatic hydroxyl groups is 5. The minimum absolute atomic E-state index is 0.361. The molecule has 5 N–H and O–H groups in total. The lowest BCUT2D eigenvalue weighted by Gasteiger charge is -2.39. The predicted molar refractivity (Wildman–Crippen MR) is 80.8 cm³/mol. The maximum absolute atomic E-state index is 9.91. The average Bonchev–Trinajstić information content (AvgIpc) is 2.54. The van der Waals surface area contributed by atoms with Crippen molar-refractivity contribution in [1.29, 1.82) is 0 Å². The van der Waals surface area contributed by atoms with Gasteiger partial charge in [0.1, 0.15) is 30.2 Å². The fraction of sp³-hybridized carbons (Fsp3) is 0.625. The van der Waals surface area contributed by atoms with Crippen molar-refractivity contribution in [1.82, 2.24) is 0 Å². The summed E-state index contributed by atoms with van der Waals surface area (Å²) in [5, 5.41) is 47.8. The molecular formula is C16H24O7. The summed E-state index contributed by atoms with van der Waals surface area (Å²) < 4.78 is 10.8. The van der Waals surface area contributed by atoms with Gasteiger partial charge in [0.05, 0.1) is 12.7 Å². The van der Waals surface area contributed by atoms with Gasteiger partial charge in [-0.2, -0.15) is 0 Å². The molecule has 7 nitrogen and oxygen atoms in total. The van der Waals surface area contributed by atoms with Crippen molar-refractivity contribution in [2.45, 2.75) is 56.6 Å². The molecule has 1 heterocycles. The highest BCUT2D eigenvalue weighted by molar-refractivity contribution is 5.27. The van der Waals surface area contributed by atoms with Gasteiger partial charge in [0.2, 0.25) is 6.29 Å². The molecule has 0 spiro atoms. The second-order valence-corrected chi connectivity index (χ2v) is 5.85. The fourth-order valence-electron chi connectivity index (χ4n) is 2.41. The fourth-order valence-corrected chi connectivity index (χ4v) is 2.41. The SMILES string of the molecule is C[C@@H](O)CCc1ccc(O[C@H]2O[C@H](CO)[C@@H](O)[C@H](O)[C@H]2O)cc1. The van der Waals surface area contributed by atoms with Gasteiger partial charge >= 0.3 is 0 Å². The third-order valence-corrected chi connectivity index (χ3v) is 3.87. The number of aryl methyl sites for hydroxylation is 1. The van der Waals surface area contributed by atoms with Gasteiger partial charge in [-0.3, -0.25) is 0 Å². The molecule has 1 saturated heterocycles. The number of aliphatic hydroxyl groups excluding tert-OH is 5. The van der Waals surface area contributed by atoms with E-state index in [1.165, 1.54) is 0 Å². The van der Waals surface area contributed by atoms with Crippen LogP contribution in [0.25, 0.3) is 0 Å². The Kier molecular flexibility index (Phi) is 6.34. The van der Waals surface area contributed by atoms with Crippen LogP contribution in [0.3, 0.4) is 0 Å². The van der Waals surface area contributed by atoms with E-state index in [0.717, 1.165) is 12.0 Å². The zero-order valence-electron chi connectivity index (χ0n) is 12.9. The van der Waals surface area contributed by atoms with Crippen LogP contribution in [-0.4, -0.2) is 68.9 Å². The lowest BCUT2D eigenvalue weighted by Crippen LogP contribution is -2.60. The Morgan fingerprint density at radius 1 is 1.09 bits per heavy atom. The van der Waals surface area contributed by atoms with Crippen LogP contribution in [0.1, 0.15) is 18.9 Å². The highest BCUT2D eigenvalue weighted by atomic mass is 16.7. The number of benzene rings is 1. The zero-order chi connectivity index (χ0) is 17.0. The molecule has 1 aromatic carbocycles. The van der Waals surface area contributed by atoms with Crippen LogP contribution in [0.4, 0.5) is 0 Å². The third kappa shape index (κ3) is 4.63. The molecule has 0 unspecified atom stereocenters. The highest BCUT2D eigenvalue weighted by Crippen LogP contribution is 2.24. The van der Waals surface area contributed by atoms with E-state index >= 15 is 0 Å². The van der Waals surface area contributed by atoms with E-state index in [2.05, 4.69) is 0 Å². The third-order valence-electron chi connectivity index (χ3n) is 3.87. The first-order chi connectivity index (χ1) is 10.9. The normalized spacial score (nSPS) is 32.5. The van der Waals surface area contributed by atoms with Crippen molar-refractivity contribution in [3.8, 4) is 5.75 Å². The smallest absolute Gasteiger partial charge is 0.229 e. The minimum Gasteiger partial charge on any atom is -0.462 e. The summed E-state index contributed by atoms with van der Waals surface area (Å²) >= 11 is 0. The van der Waals surface area contributed by atoms with Crippen LogP contribution in [0, 0.1) is 0 Å². The zero-order valence-corrected chi connectivity index (χ0v) is 12.9. The summed E-state index contributed by atoms with van der Waals surface area (Å²) in [6, 6.07) is 7.06. The van der Waals surface area contributed by atoms with Crippen molar-refractivity contribution in [3.05, 3.63) is 29.8 Å². The van der Waals surface area contributed by atoms with E-state index < -0.39 is 37.3 Å². The van der Waals surface area contributed by atoms with Crippen LogP contribution in [-0.2, 0) is 11.2 Å². The molecule has 0 radical (unpaired) electrons. The van der Waals surface area contributed by atoms with Crippen molar-refractivity contribution >= 4 is 0 Å². The number of hydrogen-bond acceptors (Lipinski definition) is 7. The van der Waals surface area contributed by atoms with Gasteiger partial charge in [0.15, 0.2) is 0 Å². The van der Waals surface area contributed by atoms with E-state index in [1.54, 1.807) is 19.1 Å². The highest BCUT2D eigenvalue weighted by Gasteiger charge is 2.44. The lowest BCUT2D eigenvalue weighted by molar-refractivity contribution is -0.277. The molecule has 130 valence electrons. The monoisotopic (exact) mass is 328 g/mol. The first-order valence-electron chi connectivity index (χ1n) is 7.66. The summed E-state index contributed by atoms with van der Waals surface area (Å²) in [6.07, 6.45) is -5.44. The summed E-state index contributed by atoms with van der Waals surface area (Å²) in [7, 11) is 0. The molecule has 2 rings (SSSR count). The molecule has 0 aliphatic carbocycles. The first-order valence-corrected chi connectivity index (χ1v) is 7.66. The van der Waals surface area contributed by atoms with Crippen molar-refractivity contribution in [2.24, 2.45) is 0 Å². The maximum Gasteiger partial charge on any atom is 0.229 e. The average molecular weight is 328 g/mol. The van der Waals surface area contributed by atoms with Gasteiger partial charge < -0.3 is 35.0 Å². The Hall–Kier alpha value is -1.22.